The molecule has 0 spiro atoms. The summed E-state index contributed by atoms with van der Waals surface area (Å²) in [6.45, 7) is 0.408. The number of aliphatic carboxylic acids is 1. The van der Waals surface area contributed by atoms with E-state index in [0.717, 1.165) is 12.8 Å². The van der Waals surface area contributed by atoms with Gasteiger partial charge in [-0.05, 0) is 25.3 Å². The lowest BCUT2D eigenvalue weighted by atomic mass is 9.95. The molecule has 1 aliphatic carbocycles. The second-order valence-corrected chi connectivity index (χ2v) is 4.60. The van der Waals surface area contributed by atoms with E-state index < -0.39 is 24.3 Å². The Morgan fingerprint density at radius 1 is 1.33 bits per heavy atom. The smallest absolute Gasteiger partial charge is 0.326 e. The van der Waals surface area contributed by atoms with Gasteiger partial charge in [-0.15, -0.1) is 0 Å². The lowest BCUT2D eigenvalue weighted by Gasteiger charge is -2.20. The number of amides is 2. The molecule has 0 aromatic carbocycles. The lowest BCUT2D eigenvalue weighted by molar-refractivity contribution is -0.144. The summed E-state index contributed by atoms with van der Waals surface area (Å²) < 4.78 is 0. The van der Waals surface area contributed by atoms with Crippen LogP contribution in [0.15, 0.2) is 0 Å². The number of nitrogens with one attached hydrogen (secondary N) is 1. The second kappa shape index (κ2) is 6.34. The number of hydrogen-bond donors (Lipinski definition) is 4. The van der Waals surface area contributed by atoms with Crippen LogP contribution >= 0.6 is 0 Å². The van der Waals surface area contributed by atoms with Crippen molar-refractivity contribution in [3.05, 3.63) is 0 Å². The van der Waals surface area contributed by atoms with Crippen LogP contribution in [0, 0.1) is 11.8 Å². The molecule has 6 N–H and O–H groups in total. The van der Waals surface area contributed by atoms with Gasteiger partial charge in [-0.25, -0.2) is 4.79 Å². The first-order chi connectivity index (χ1) is 8.45. The fourth-order valence-corrected chi connectivity index (χ4v) is 2.34. The van der Waals surface area contributed by atoms with Gasteiger partial charge in [0.1, 0.15) is 6.04 Å². The Hall–Kier alpha value is -1.63. The van der Waals surface area contributed by atoms with Crippen molar-refractivity contribution < 1.29 is 19.5 Å². The van der Waals surface area contributed by atoms with Crippen LogP contribution in [0.5, 0.6) is 0 Å². The van der Waals surface area contributed by atoms with Gasteiger partial charge in [0.2, 0.25) is 11.8 Å². The van der Waals surface area contributed by atoms with Crippen LogP contribution in [0.25, 0.3) is 0 Å². The molecule has 0 aromatic rings. The topological polar surface area (TPSA) is 136 Å². The summed E-state index contributed by atoms with van der Waals surface area (Å²) >= 11 is 0. The highest BCUT2D eigenvalue weighted by Crippen LogP contribution is 2.31. The SMILES string of the molecule is NCC1CCCC1C(=O)N[C@H](CC(N)=O)C(=O)O. The van der Waals surface area contributed by atoms with E-state index in [4.69, 9.17) is 16.6 Å². The third-order valence-electron chi connectivity index (χ3n) is 3.32. The van der Waals surface area contributed by atoms with Crippen LogP contribution in [0.1, 0.15) is 25.7 Å². The molecule has 0 saturated heterocycles. The van der Waals surface area contributed by atoms with Crippen LogP contribution in [0.3, 0.4) is 0 Å². The predicted octanol–water partition coefficient (Wildman–Crippen LogP) is -1.19. The van der Waals surface area contributed by atoms with E-state index in [1.165, 1.54) is 0 Å². The van der Waals surface area contributed by atoms with E-state index >= 15 is 0 Å². The van der Waals surface area contributed by atoms with Gasteiger partial charge >= 0.3 is 5.97 Å². The first-order valence-corrected chi connectivity index (χ1v) is 5.97. The fraction of sp³-hybridized carbons (Fsp3) is 0.727. The molecule has 102 valence electrons. The zero-order chi connectivity index (χ0) is 13.7. The number of carboxylic acids is 1. The number of primary amides is 1. The molecule has 0 heterocycles. The van der Waals surface area contributed by atoms with Gasteiger partial charge in [0.15, 0.2) is 0 Å². The van der Waals surface area contributed by atoms with Crippen molar-refractivity contribution in [3.8, 4) is 0 Å². The molecule has 0 bridgehead atoms. The highest BCUT2D eigenvalue weighted by Gasteiger charge is 2.34. The van der Waals surface area contributed by atoms with E-state index in [-0.39, 0.29) is 17.7 Å². The third-order valence-corrected chi connectivity index (χ3v) is 3.32. The summed E-state index contributed by atoms with van der Waals surface area (Å²) in [4.78, 5) is 33.5. The van der Waals surface area contributed by atoms with E-state index in [9.17, 15) is 14.4 Å². The summed E-state index contributed by atoms with van der Waals surface area (Å²) in [6.07, 6.45) is 2.09. The Bertz CT molecular complexity index is 345. The average molecular weight is 257 g/mol. The maximum absolute atomic E-state index is 11.9. The number of carbonyl (C=O) groups excluding carboxylic acids is 2. The Morgan fingerprint density at radius 3 is 2.50 bits per heavy atom. The third kappa shape index (κ3) is 3.69. The molecule has 7 nitrogen and oxygen atoms in total. The molecule has 1 fully saturated rings. The number of carbonyl (C=O) groups is 3. The van der Waals surface area contributed by atoms with Crippen molar-refractivity contribution in [1.82, 2.24) is 5.32 Å². The van der Waals surface area contributed by atoms with E-state index in [0.29, 0.717) is 13.0 Å². The Kier molecular flexibility index (Phi) is 5.08. The minimum atomic E-state index is -1.26. The first kappa shape index (κ1) is 14.4. The van der Waals surface area contributed by atoms with Crippen molar-refractivity contribution in [3.63, 3.8) is 0 Å². The largest absolute Gasteiger partial charge is 0.480 e. The van der Waals surface area contributed by atoms with Gasteiger partial charge in [-0.2, -0.15) is 0 Å². The molecule has 3 atom stereocenters. The molecule has 1 rings (SSSR count). The van der Waals surface area contributed by atoms with Crippen molar-refractivity contribution >= 4 is 17.8 Å². The standard InChI is InChI=1S/C11H19N3O4/c12-5-6-2-1-3-7(6)10(16)14-8(11(17)18)4-9(13)15/h6-8H,1-5,12H2,(H2,13,15)(H,14,16)(H,17,18)/t6?,7?,8-/m1/s1. The molecule has 1 aliphatic rings. The summed E-state index contributed by atoms with van der Waals surface area (Å²) in [5.74, 6) is -2.54. The van der Waals surface area contributed by atoms with Gasteiger partial charge in [0.25, 0.3) is 0 Å². The monoisotopic (exact) mass is 257 g/mol. The van der Waals surface area contributed by atoms with Gasteiger partial charge in [0.05, 0.1) is 6.42 Å². The summed E-state index contributed by atoms with van der Waals surface area (Å²) in [7, 11) is 0. The average Bonchev–Trinajstić information content (AvgIpc) is 2.75. The molecule has 2 amide bonds. The van der Waals surface area contributed by atoms with Crippen LogP contribution in [-0.2, 0) is 14.4 Å². The van der Waals surface area contributed by atoms with Gasteiger partial charge in [-0.3, -0.25) is 9.59 Å². The molecule has 2 unspecified atom stereocenters. The number of nitrogens with two attached hydrogens (primary N) is 2. The maximum Gasteiger partial charge on any atom is 0.326 e. The molecule has 0 aliphatic heterocycles. The molecule has 7 heteroatoms. The summed E-state index contributed by atoms with van der Waals surface area (Å²) in [5.41, 5.74) is 10.5. The van der Waals surface area contributed by atoms with Gasteiger partial charge in [0, 0.05) is 5.92 Å². The van der Waals surface area contributed by atoms with Crippen molar-refractivity contribution in [2.45, 2.75) is 31.7 Å². The van der Waals surface area contributed by atoms with Gasteiger partial charge in [-0.1, -0.05) is 6.42 Å². The quantitative estimate of drug-likeness (QED) is 0.474. The highest BCUT2D eigenvalue weighted by molar-refractivity contribution is 5.89. The zero-order valence-corrected chi connectivity index (χ0v) is 10.1. The first-order valence-electron chi connectivity index (χ1n) is 5.97. The van der Waals surface area contributed by atoms with Crippen LogP contribution in [-0.4, -0.2) is 35.5 Å². The molecule has 0 radical (unpaired) electrons. The summed E-state index contributed by atoms with van der Waals surface area (Å²) in [6, 6.07) is -1.26. The molecule has 18 heavy (non-hydrogen) atoms. The molecular weight excluding hydrogens is 238 g/mol. The Labute approximate surface area is 105 Å². The van der Waals surface area contributed by atoms with Crippen LogP contribution < -0.4 is 16.8 Å². The van der Waals surface area contributed by atoms with Crippen molar-refractivity contribution in [1.29, 1.82) is 0 Å². The molecule has 0 aromatic heterocycles. The number of carboxylic acid groups (broad SMARTS) is 1. The normalized spacial score (nSPS) is 24.5. The molecule has 1 saturated carbocycles. The van der Waals surface area contributed by atoms with E-state index in [1.54, 1.807) is 0 Å². The van der Waals surface area contributed by atoms with Crippen molar-refractivity contribution in [2.24, 2.45) is 23.3 Å². The predicted molar refractivity (Wildman–Crippen MR) is 63.3 cm³/mol. The Balaban J connectivity index is 2.60. The maximum atomic E-state index is 11.9. The lowest BCUT2D eigenvalue weighted by Crippen LogP contribution is -2.46. The van der Waals surface area contributed by atoms with Crippen LogP contribution in [0.4, 0.5) is 0 Å². The van der Waals surface area contributed by atoms with Gasteiger partial charge < -0.3 is 21.9 Å². The number of hydrogen-bond acceptors (Lipinski definition) is 4. The zero-order valence-electron chi connectivity index (χ0n) is 10.1. The molecular formula is C11H19N3O4. The fourth-order valence-electron chi connectivity index (χ4n) is 2.34. The van der Waals surface area contributed by atoms with E-state index in [1.807, 2.05) is 0 Å². The second-order valence-electron chi connectivity index (χ2n) is 4.60. The highest BCUT2D eigenvalue weighted by atomic mass is 16.4. The van der Waals surface area contributed by atoms with E-state index in [2.05, 4.69) is 5.32 Å². The Morgan fingerprint density at radius 2 is 2.00 bits per heavy atom. The number of rotatable bonds is 6. The summed E-state index contributed by atoms with van der Waals surface area (Å²) in [5, 5.41) is 11.2. The minimum Gasteiger partial charge on any atom is -0.480 e. The van der Waals surface area contributed by atoms with Crippen molar-refractivity contribution in [2.75, 3.05) is 6.54 Å². The minimum absolute atomic E-state index is 0.0908. The van der Waals surface area contributed by atoms with Crippen LogP contribution in [0.2, 0.25) is 0 Å².